The Kier molecular flexibility index (Phi) is 6.95. The van der Waals surface area contributed by atoms with E-state index in [4.69, 9.17) is 15.0 Å². The van der Waals surface area contributed by atoms with Crippen molar-refractivity contribution in [1.29, 1.82) is 0 Å². The molecule has 0 aliphatic rings. The summed E-state index contributed by atoms with van der Waals surface area (Å²) in [7, 11) is 0. The molecule has 0 radical (unpaired) electrons. The van der Waals surface area contributed by atoms with E-state index < -0.39 is 0 Å². The van der Waals surface area contributed by atoms with Crippen LogP contribution < -0.4 is 0 Å². The summed E-state index contributed by atoms with van der Waals surface area (Å²) in [6.45, 7) is 0. The summed E-state index contributed by atoms with van der Waals surface area (Å²) < 4.78 is 4.81. The Hall–Kier alpha value is -8.15. The Labute approximate surface area is 344 Å². The molecule has 0 aliphatic heterocycles. The van der Waals surface area contributed by atoms with E-state index in [-0.39, 0.29) is 0 Å². The number of para-hydroxylation sites is 2. The summed E-state index contributed by atoms with van der Waals surface area (Å²) >= 11 is 0. The molecule has 3 aromatic heterocycles. The summed E-state index contributed by atoms with van der Waals surface area (Å²) in [6.07, 6.45) is 0. The van der Waals surface area contributed by atoms with Crippen LogP contribution >= 0.6 is 0 Å². The summed E-state index contributed by atoms with van der Waals surface area (Å²) in [4.78, 5) is 15.8. The van der Waals surface area contributed by atoms with E-state index in [9.17, 15) is 0 Å². The fraction of sp³-hybridized carbons (Fsp3) is 0. The Bertz CT molecular complexity index is 3810. The Morgan fingerprint density at radius 2 is 0.700 bits per heavy atom. The third-order valence-corrected chi connectivity index (χ3v) is 12.3. The molecule has 0 saturated heterocycles. The lowest BCUT2D eigenvalue weighted by atomic mass is 9.89. The van der Waals surface area contributed by atoms with Crippen molar-refractivity contribution in [1.82, 2.24) is 24.1 Å². The van der Waals surface area contributed by atoms with Crippen molar-refractivity contribution < 1.29 is 0 Å². The van der Waals surface area contributed by atoms with Gasteiger partial charge in [-0.2, -0.15) is 9.97 Å². The maximum absolute atomic E-state index is 5.34. The molecule has 13 rings (SSSR count). The van der Waals surface area contributed by atoms with Crippen LogP contribution in [0, 0.1) is 0 Å². The fourth-order valence-corrected chi connectivity index (χ4v) is 9.86. The van der Waals surface area contributed by atoms with Crippen molar-refractivity contribution >= 4 is 86.7 Å². The molecule has 0 fully saturated rings. The molecule has 3 heterocycles. The van der Waals surface area contributed by atoms with Crippen LogP contribution in [0.1, 0.15) is 0 Å². The molecule has 0 bridgehead atoms. The highest BCUT2D eigenvalue weighted by Crippen LogP contribution is 2.49. The molecule has 5 heteroatoms. The first-order chi connectivity index (χ1) is 29.8. The molecule has 278 valence electrons. The largest absolute Gasteiger partial charge is 0.306 e. The molecule has 0 N–H and O–H groups in total. The van der Waals surface area contributed by atoms with E-state index in [0.717, 1.165) is 44.1 Å². The minimum absolute atomic E-state index is 0.567. The summed E-state index contributed by atoms with van der Waals surface area (Å²) in [5.41, 5.74) is 7.30. The summed E-state index contributed by atoms with van der Waals surface area (Å²) in [5.74, 6) is 1.81. The molecule has 0 aliphatic carbocycles. The third-order valence-electron chi connectivity index (χ3n) is 12.3. The predicted octanol–water partition coefficient (Wildman–Crippen LogP) is 14.0. The highest BCUT2D eigenvalue weighted by atomic mass is 15.2. The monoisotopic (exact) mass is 763 g/mol. The Balaban J connectivity index is 1.31. The van der Waals surface area contributed by atoms with E-state index in [2.05, 4.69) is 173 Å². The van der Waals surface area contributed by atoms with Crippen LogP contribution in [0.5, 0.6) is 0 Å². The molecule has 60 heavy (non-hydrogen) atoms. The highest BCUT2D eigenvalue weighted by molar-refractivity contribution is 6.43. The van der Waals surface area contributed by atoms with Crippen molar-refractivity contribution in [2.24, 2.45) is 0 Å². The Morgan fingerprint density at radius 1 is 0.267 bits per heavy atom. The minimum Gasteiger partial charge on any atom is -0.306 e. The second-order valence-electron chi connectivity index (χ2n) is 15.5. The second-order valence-corrected chi connectivity index (χ2v) is 15.5. The number of hydrogen-bond donors (Lipinski definition) is 0. The van der Waals surface area contributed by atoms with Gasteiger partial charge in [0.2, 0.25) is 5.95 Å². The van der Waals surface area contributed by atoms with E-state index in [1.165, 1.54) is 59.4 Å². The fourth-order valence-electron chi connectivity index (χ4n) is 9.86. The number of aromatic nitrogens is 5. The molecular weight excluding hydrogens is 731 g/mol. The smallest absolute Gasteiger partial charge is 0.238 e. The number of rotatable bonds is 4. The lowest BCUT2D eigenvalue weighted by Crippen LogP contribution is -2.07. The van der Waals surface area contributed by atoms with Gasteiger partial charge in [0, 0.05) is 49.1 Å². The van der Waals surface area contributed by atoms with Crippen molar-refractivity contribution in [2.45, 2.75) is 0 Å². The van der Waals surface area contributed by atoms with Gasteiger partial charge in [0.15, 0.2) is 11.6 Å². The zero-order valence-corrected chi connectivity index (χ0v) is 32.3. The van der Waals surface area contributed by atoms with Crippen molar-refractivity contribution in [3.63, 3.8) is 0 Å². The summed E-state index contributed by atoms with van der Waals surface area (Å²) in [6, 6.07) is 71.4. The van der Waals surface area contributed by atoms with Gasteiger partial charge in [-0.3, -0.25) is 4.57 Å². The van der Waals surface area contributed by atoms with Crippen LogP contribution in [-0.4, -0.2) is 24.1 Å². The number of nitrogens with zero attached hydrogens (tertiary/aromatic N) is 5. The Morgan fingerprint density at radius 3 is 1.30 bits per heavy atom. The minimum atomic E-state index is 0.567. The van der Waals surface area contributed by atoms with Crippen molar-refractivity contribution in [3.8, 4) is 34.4 Å². The van der Waals surface area contributed by atoms with Gasteiger partial charge in [-0.1, -0.05) is 182 Å². The average Bonchev–Trinajstić information content (AvgIpc) is 3.86. The molecular formula is C55H33N5. The van der Waals surface area contributed by atoms with Gasteiger partial charge in [-0.25, -0.2) is 4.98 Å². The van der Waals surface area contributed by atoms with Crippen LogP contribution in [0.25, 0.3) is 121 Å². The van der Waals surface area contributed by atoms with Gasteiger partial charge >= 0.3 is 0 Å². The van der Waals surface area contributed by atoms with Gasteiger partial charge in [-0.05, 0) is 50.5 Å². The van der Waals surface area contributed by atoms with E-state index in [1.807, 2.05) is 36.4 Å². The number of fused-ring (bicyclic) bond motifs is 17. The topological polar surface area (TPSA) is 48.5 Å². The molecule has 5 nitrogen and oxygen atoms in total. The van der Waals surface area contributed by atoms with Gasteiger partial charge in [0.25, 0.3) is 0 Å². The number of hydrogen-bond acceptors (Lipinski definition) is 3. The normalized spacial score (nSPS) is 12.0. The maximum Gasteiger partial charge on any atom is 0.238 e. The standard InChI is InChI=1S/C55H33N5/c1-4-18-34(19-5-1)53-56-54(35-20-6-2-7-21-35)58-55(57-53)60-46-31-17-16-26-39(46)44-32-33-45-48-43-30-15-14-29-42(43)47-40-27-12-10-24-37(40)38-25-11-13-28-41(38)49(47)52(48)59(51(45)50(44)60)36-22-8-3-9-23-36/h1-33H. The predicted molar refractivity (Wildman–Crippen MR) is 249 cm³/mol. The molecule has 10 aromatic carbocycles. The van der Waals surface area contributed by atoms with Crippen LogP contribution in [-0.2, 0) is 0 Å². The van der Waals surface area contributed by atoms with Crippen LogP contribution in [0.4, 0.5) is 0 Å². The first-order valence-electron chi connectivity index (χ1n) is 20.4. The van der Waals surface area contributed by atoms with Gasteiger partial charge in [0.05, 0.1) is 22.1 Å². The molecule has 0 amide bonds. The highest BCUT2D eigenvalue weighted by Gasteiger charge is 2.27. The average molecular weight is 764 g/mol. The van der Waals surface area contributed by atoms with Crippen molar-refractivity contribution in [3.05, 3.63) is 200 Å². The van der Waals surface area contributed by atoms with Gasteiger partial charge in [-0.15, -0.1) is 0 Å². The molecule has 0 saturated carbocycles. The lowest BCUT2D eigenvalue weighted by Gasteiger charge is -2.17. The van der Waals surface area contributed by atoms with Crippen LogP contribution in [0.3, 0.4) is 0 Å². The molecule has 13 aromatic rings. The maximum atomic E-state index is 5.34. The van der Waals surface area contributed by atoms with Gasteiger partial charge < -0.3 is 4.57 Å². The zero-order chi connectivity index (χ0) is 39.3. The van der Waals surface area contributed by atoms with Gasteiger partial charge in [0.1, 0.15) is 0 Å². The van der Waals surface area contributed by atoms with E-state index >= 15 is 0 Å². The molecule has 0 spiro atoms. The first kappa shape index (κ1) is 32.9. The van der Waals surface area contributed by atoms with Crippen LogP contribution in [0.2, 0.25) is 0 Å². The zero-order valence-electron chi connectivity index (χ0n) is 32.3. The number of benzene rings is 10. The molecule has 0 atom stereocenters. The van der Waals surface area contributed by atoms with E-state index in [1.54, 1.807) is 0 Å². The lowest BCUT2D eigenvalue weighted by molar-refractivity contribution is 0.953. The second kappa shape index (κ2) is 12.7. The van der Waals surface area contributed by atoms with Crippen molar-refractivity contribution in [2.75, 3.05) is 0 Å². The quantitative estimate of drug-likeness (QED) is 0.168. The molecule has 0 unspecified atom stereocenters. The summed E-state index contributed by atoms with van der Waals surface area (Å²) in [5, 5.41) is 14.6. The SMILES string of the molecule is c1ccc(-c2nc(-c3ccccc3)nc(-n3c4ccccc4c4ccc5c6c7ccccc7c7c8ccccc8c8ccccc8c7c6n(-c6ccccc6)c5c43)n2)cc1. The van der Waals surface area contributed by atoms with E-state index in [0.29, 0.717) is 17.6 Å². The first-order valence-corrected chi connectivity index (χ1v) is 20.4. The third kappa shape index (κ3) is 4.60. The van der Waals surface area contributed by atoms with Crippen LogP contribution in [0.15, 0.2) is 200 Å².